The Morgan fingerprint density at radius 2 is 2.20 bits per heavy atom. The lowest BCUT2D eigenvalue weighted by molar-refractivity contribution is 0.0720. The number of amides is 1. The number of methoxy groups -OCH3 is 1. The molecule has 0 saturated carbocycles. The van der Waals surface area contributed by atoms with Crippen LogP contribution in [-0.4, -0.2) is 45.5 Å². The number of likely N-dealkylation sites (tertiary alicyclic amines) is 1. The first-order valence-electron chi connectivity index (χ1n) is 5.97. The molecule has 1 fully saturated rings. The van der Waals surface area contributed by atoms with Crippen molar-refractivity contribution in [1.82, 2.24) is 4.90 Å². The minimum atomic E-state index is -4.09. The lowest BCUT2D eigenvalue weighted by Gasteiger charge is -2.17. The van der Waals surface area contributed by atoms with E-state index in [0.29, 0.717) is 19.5 Å². The van der Waals surface area contributed by atoms with Gasteiger partial charge in [-0.15, -0.1) is 0 Å². The molecule has 2 rings (SSSR count). The second-order valence-corrected chi connectivity index (χ2v) is 6.11. The summed E-state index contributed by atoms with van der Waals surface area (Å²) >= 11 is 0. The minimum Gasteiger partial charge on any atom is -0.380 e. The molecule has 0 aliphatic carbocycles. The molecule has 1 aromatic rings. The topological polar surface area (TPSA) is 89.7 Å². The fourth-order valence-corrected chi connectivity index (χ4v) is 2.90. The van der Waals surface area contributed by atoms with Crippen molar-refractivity contribution in [3.05, 3.63) is 29.6 Å². The summed E-state index contributed by atoms with van der Waals surface area (Å²) in [6, 6.07) is 2.85. The van der Waals surface area contributed by atoms with E-state index in [-0.39, 0.29) is 16.6 Å². The molecule has 1 saturated heterocycles. The van der Waals surface area contributed by atoms with Gasteiger partial charge in [-0.1, -0.05) is 0 Å². The second-order valence-electron chi connectivity index (χ2n) is 4.58. The predicted octanol–water partition coefficient (Wildman–Crippen LogP) is 0.334. The predicted molar refractivity (Wildman–Crippen MR) is 69.1 cm³/mol. The van der Waals surface area contributed by atoms with Crippen LogP contribution in [0.5, 0.6) is 0 Å². The van der Waals surface area contributed by atoms with E-state index in [0.717, 1.165) is 18.2 Å². The van der Waals surface area contributed by atoms with Gasteiger partial charge in [0.05, 0.1) is 16.6 Å². The SMILES string of the molecule is COC1CCN(C(=O)c2cc(F)ccc2S(N)(=O)=O)C1. The smallest absolute Gasteiger partial charge is 0.255 e. The first kappa shape index (κ1) is 14.9. The van der Waals surface area contributed by atoms with Crippen molar-refractivity contribution in [1.29, 1.82) is 0 Å². The second kappa shape index (κ2) is 5.47. The van der Waals surface area contributed by atoms with Crippen molar-refractivity contribution in [2.75, 3.05) is 20.2 Å². The average Bonchev–Trinajstić information content (AvgIpc) is 2.85. The Kier molecular flexibility index (Phi) is 4.07. The van der Waals surface area contributed by atoms with Crippen molar-refractivity contribution in [3.63, 3.8) is 0 Å². The Morgan fingerprint density at radius 3 is 2.75 bits per heavy atom. The van der Waals surface area contributed by atoms with Gasteiger partial charge in [0.15, 0.2) is 0 Å². The number of halogens is 1. The number of carbonyl (C=O) groups is 1. The standard InChI is InChI=1S/C12H15FN2O4S/c1-19-9-4-5-15(7-9)12(16)10-6-8(13)2-3-11(10)20(14,17)18/h2-3,6,9H,4-5,7H2,1H3,(H2,14,17,18). The summed E-state index contributed by atoms with van der Waals surface area (Å²) in [5, 5.41) is 5.05. The number of sulfonamides is 1. The highest BCUT2D eigenvalue weighted by molar-refractivity contribution is 7.89. The molecular formula is C12H15FN2O4S. The van der Waals surface area contributed by atoms with Crippen LogP contribution >= 0.6 is 0 Å². The molecule has 2 N–H and O–H groups in total. The maximum Gasteiger partial charge on any atom is 0.255 e. The van der Waals surface area contributed by atoms with Crippen LogP contribution in [-0.2, 0) is 14.8 Å². The third kappa shape index (κ3) is 2.97. The fourth-order valence-electron chi connectivity index (χ4n) is 2.19. The average molecular weight is 302 g/mol. The largest absolute Gasteiger partial charge is 0.380 e. The van der Waals surface area contributed by atoms with E-state index >= 15 is 0 Å². The van der Waals surface area contributed by atoms with Gasteiger partial charge in [-0.2, -0.15) is 0 Å². The highest BCUT2D eigenvalue weighted by Gasteiger charge is 2.30. The lowest BCUT2D eigenvalue weighted by atomic mass is 10.2. The van der Waals surface area contributed by atoms with Gasteiger partial charge in [-0.25, -0.2) is 17.9 Å². The van der Waals surface area contributed by atoms with E-state index in [2.05, 4.69) is 0 Å². The molecule has 0 aromatic heterocycles. The summed E-state index contributed by atoms with van der Waals surface area (Å²) in [7, 11) is -2.55. The van der Waals surface area contributed by atoms with E-state index in [9.17, 15) is 17.6 Å². The first-order chi connectivity index (χ1) is 9.32. The van der Waals surface area contributed by atoms with E-state index in [1.165, 1.54) is 12.0 Å². The summed E-state index contributed by atoms with van der Waals surface area (Å²) in [6.45, 7) is 0.772. The Labute approximate surface area is 116 Å². The van der Waals surface area contributed by atoms with Crippen molar-refractivity contribution >= 4 is 15.9 Å². The Morgan fingerprint density at radius 1 is 1.50 bits per heavy atom. The van der Waals surface area contributed by atoms with Gasteiger partial charge in [0, 0.05) is 20.2 Å². The molecular weight excluding hydrogens is 287 g/mol. The van der Waals surface area contributed by atoms with Crippen molar-refractivity contribution in [2.45, 2.75) is 17.4 Å². The van der Waals surface area contributed by atoms with Crippen molar-refractivity contribution in [3.8, 4) is 0 Å². The monoisotopic (exact) mass is 302 g/mol. The number of carbonyl (C=O) groups excluding carboxylic acids is 1. The Balaban J connectivity index is 2.37. The summed E-state index contributed by atoms with van der Waals surface area (Å²) in [4.78, 5) is 13.4. The number of rotatable bonds is 3. The van der Waals surface area contributed by atoms with E-state index in [1.54, 1.807) is 0 Å². The van der Waals surface area contributed by atoms with E-state index < -0.39 is 21.7 Å². The van der Waals surface area contributed by atoms with Crippen molar-refractivity contribution in [2.24, 2.45) is 5.14 Å². The van der Waals surface area contributed by atoms with E-state index in [4.69, 9.17) is 9.88 Å². The zero-order valence-corrected chi connectivity index (χ0v) is 11.7. The molecule has 1 heterocycles. The molecule has 1 aromatic carbocycles. The van der Waals surface area contributed by atoms with Gasteiger partial charge in [0.25, 0.3) is 5.91 Å². The number of nitrogens with zero attached hydrogens (tertiary/aromatic N) is 1. The lowest BCUT2D eigenvalue weighted by Crippen LogP contribution is -2.31. The molecule has 0 radical (unpaired) electrons. The highest BCUT2D eigenvalue weighted by Crippen LogP contribution is 2.21. The first-order valence-corrected chi connectivity index (χ1v) is 7.52. The number of hydrogen-bond acceptors (Lipinski definition) is 4. The molecule has 1 unspecified atom stereocenters. The maximum absolute atomic E-state index is 13.3. The van der Waals surface area contributed by atoms with Gasteiger partial charge in [0.1, 0.15) is 5.82 Å². The summed E-state index contributed by atoms with van der Waals surface area (Å²) < 4.78 is 41.4. The Hall–Kier alpha value is -1.51. The van der Waals surface area contributed by atoms with Gasteiger partial charge >= 0.3 is 0 Å². The number of ether oxygens (including phenoxy) is 1. The van der Waals surface area contributed by atoms with Gasteiger partial charge in [-0.05, 0) is 24.6 Å². The zero-order valence-electron chi connectivity index (χ0n) is 10.9. The third-order valence-corrected chi connectivity index (χ3v) is 4.21. The molecule has 0 bridgehead atoms. The number of benzene rings is 1. The van der Waals surface area contributed by atoms with Crippen LogP contribution in [0.1, 0.15) is 16.8 Å². The number of primary sulfonamides is 1. The molecule has 0 spiro atoms. The van der Waals surface area contributed by atoms with Gasteiger partial charge < -0.3 is 9.64 Å². The molecule has 8 heteroatoms. The van der Waals surface area contributed by atoms with Crippen LogP contribution in [0.15, 0.2) is 23.1 Å². The Bertz CT molecular complexity index is 632. The molecule has 6 nitrogen and oxygen atoms in total. The molecule has 1 atom stereocenters. The quantitative estimate of drug-likeness (QED) is 0.871. The normalized spacial score (nSPS) is 19.4. The molecule has 110 valence electrons. The summed E-state index contributed by atoms with van der Waals surface area (Å²) in [5.41, 5.74) is -0.246. The molecule has 20 heavy (non-hydrogen) atoms. The fraction of sp³-hybridized carbons (Fsp3) is 0.417. The van der Waals surface area contributed by atoms with Gasteiger partial charge in [-0.3, -0.25) is 4.79 Å². The molecule has 1 aliphatic rings. The number of hydrogen-bond donors (Lipinski definition) is 1. The summed E-state index contributed by atoms with van der Waals surface area (Å²) in [6.07, 6.45) is 0.563. The van der Waals surface area contributed by atoms with Crippen molar-refractivity contribution < 1.29 is 22.3 Å². The van der Waals surface area contributed by atoms with Gasteiger partial charge in [0.2, 0.25) is 10.0 Å². The minimum absolute atomic E-state index is 0.0922. The maximum atomic E-state index is 13.3. The molecule has 1 amide bonds. The molecule has 1 aliphatic heterocycles. The van der Waals surface area contributed by atoms with E-state index in [1.807, 2.05) is 0 Å². The third-order valence-electron chi connectivity index (χ3n) is 3.24. The van der Waals surface area contributed by atoms with Crippen LogP contribution in [0, 0.1) is 5.82 Å². The number of nitrogens with two attached hydrogens (primary N) is 1. The highest BCUT2D eigenvalue weighted by atomic mass is 32.2. The summed E-state index contributed by atoms with van der Waals surface area (Å²) in [5.74, 6) is -1.25. The van der Waals surface area contributed by atoms with Crippen LogP contribution in [0.4, 0.5) is 4.39 Å². The van der Waals surface area contributed by atoms with Crippen LogP contribution in [0.2, 0.25) is 0 Å². The van der Waals surface area contributed by atoms with Crippen LogP contribution in [0.3, 0.4) is 0 Å². The zero-order chi connectivity index (χ0) is 14.9. The van der Waals surface area contributed by atoms with Crippen LogP contribution < -0.4 is 5.14 Å². The van der Waals surface area contributed by atoms with Crippen LogP contribution in [0.25, 0.3) is 0 Å².